The predicted molar refractivity (Wildman–Crippen MR) is 75.4 cm³/mol. The van der Waals surface area contributed by atoms with Crippen LogP contribution in [0.4, 0.5) is 17.6 Å². The van der Waals surface area contributed by atoms with Gasteiger partial charge in [-0.15, -0.1) is 0 Å². The van der Waals surface area contributed by atoms with E-state index in [2.05, 4.69) is 0 Å². The van der Waals surface area contributed by atoms with Crippen molar-refractivity contribution in [3.05, 3.63) is 52.8 Å². The lowest BCUT2D eigenvalue weighted by Gasteiger charge is -2.22. The van der Waals surface area contributed by atoms with Crippen LogP contribution in [-0.4, -0.2) is 6.61 Å². The van der Waals surface area contributed by atoms with Gasteiger partial charge in [-0.1, -0.05) is 17.7 Å². The molecule has 3 rings (SSSR count). The van der Waals surface area contributed by atoms with Crippen LogP contribution in [0, 0.1) is 12.7 Å². The van der Waals surface area contributed by atoms with Gasteiger partial charge in [-0.25, -0.2) is 4.39 Å². The highest BCUT2D eigenvalue weighted by molar-refractivity contribution is 5.76. The van der Waals surface area contributed by atoms with E-state index in [1.54, 1.807) is 13.0 Å². The van der Waals surface area contributed by atoms with Crippen LogP contribution in [0.5, 0.6) is 5.75 Å². The molecule has 1 nitrogen and oxygen atoms in total. The molecule has 0 amide bonds. The molecule has 0 atom stereocenters. The van der Waals surface area contributed by atoms with Crippen molar-refractivity contribution in [3.63, 3.8) is 0 Å². The topological polar surface area (TPSA) is 9.23 Å². The lowest BCUT2D eigenvalue weighted by atomic mass is 9.93. The minimum absolute atomic E-state index is 0.0456. The smallest absolute Gasteiger partial charge is 0.417 e. The fourth-order valence-corrected chi connectivity index (χ4v) is 2.77. The standard InChI is InChI=1S/C17H14F4O/c1-10-4-5-13(15(7-10)17(19,20)21)14-9-12(18)8-11-3-2-6-22-16(11)14/h4-5,7-9H,2-3,6H2,1H3. The maximum Gasteiger partial charge on any atom is 0.417 e. The SMILES string of the molecule is Cc1ccc(-c2cc(F)cc3c2OCCC3)c(C(F)(F)F)c1. The third-order valence-electron chi connectivity index (χ3n) is 3.74. The fraction of sp³-hybridized carbons (Fsp3) is 0.294. The van der Waals surface area contributed by atoms with Crippen molar-refractivity contribution in [2.24, 2.45) is 0 Å². The summed E-state index contributed by atoms with van der Waals surface area (Å²) in [7, 11) is 0. The van der Waals surface area contributed by atoms with E-state index in [4.69, 9.17) is 4.74 Å². The zero-order valence-electron chi connectivity index (χ0n) is 11.9. The lowest BCUT2D eigenvalue weighted by molar-refractivity contribution is -0.137. The molecule has 0 aromatic heterocycles. The molecule has 0 fully saturated rings. The number of halogens is 4. The summed E-state index contributed by atoms with van der Waals surface area (Å²) in [6.45, 7) is 2.02. The lowest BCUT2D eigenvalue weighted by Crippen LogP contribution is -2.12. The van der Waals surface area contributed by atoms with Crippen molar-refractivity contribution in [3.8, 4) is 16.9 Å². The van der Waals surface area contributed by atoms with E-state index in [0.717, 1.165) is 18.6 Å². The first-order chi connectivity index (χ1) is 10.4. The molecular weight excluding hydrogens is 296 g/mol. The third kappa shape index (κ3) is 2.67. The maximum absolute atomic E-state index is 13.8. The summed E-state index contributed by atoms with van der Waals surface area (Å²) in [6, 6.07) is 6.49. The highest BCUT2D eigenvalue weighted by Gasteiger charge is 2.35. The summed E-state index contributed by atoms with van der Waals surface area (Å²) in [6.07, 6.45) is -3.17. The highest BCUT2D eigenvalue weighted by Crippen LogP contribution is 2.43. The molecule has 5 heteroatoms. The third-order valence-corrected chi connectivity index (χ3v) is 3.74. The first-order valence-electron chi connectivity index (χ1n) is 7.00. The van der Waals surface area contributed by atoms with Gasteiger partial charge in [-0.05, 0) is 49.1 Å². The molecule has 0 aliphatic carbocycles. The van der Waals surface area contributed by atoms with Crippen LogP contribution in [0.1, 0.15) is 23.1 Å². The second-order valence-corrected chi connectivity index (χ2v) is 5.44. The van der Waals surface area contributed by atoms with Crippen LogP contribution < -0.4 is 4.74 Å². The monoisotopic (exact) mass is 310 g/mol. The molecule has 0 N–H and O–H groups in total. The van der Waals surface area contributed by atoms with Gasteiger partial charge < -0.3 is 4.74 Å². The summed E-state index contributed by atoms with van der Waals surface area (Å²) in [4.78, 5) is 0. The molecule has 1 heterocycles. The molecule has 22 heavy (non-hydrogen) atoms. The molecule has 2 aromatic carbocycles. The minimum atomic E-state index is -4.50. The van der Waals surface area contributed by atoms with E-state index < -0.39 is 17.6 Å². The Bertz CT molecular complexity index is 719. The average Bonchev–Trinajstić information content (AvgIpc) is 2.45. The number of hydrogen-bond donors (Lipinski definition) is 0. The molecule has 0 saturated heterocycles. The van der Waals surface area contributed by atoms with E-state index in [0.29, 0.717) is 29.9 Å². The maximum atomic E-state index is 13.8. The Morgan fingerprint density at radius 1 is 1.05 bits per heavy atom. The van der Waals surface area contributed by atoms with E-state index in [9.17, 15) is 17.6 Å². The van der Waals surface area contributed by atoms with Gasteiger partial charge in [0.2, 0.25) is 0 Å². The van der Waals surface area contributed by atoms with E-state index in [1.165, 1.54) is 12.1 Å². The van der Waals surface area contributed by atoms with Gasteiger partial charge in [0.05, 0.1) is 12.2 Å². The summed E-state index contributed by atoms with van der Waals surface area (Å²) < 4.78 is 59.3. The summed E-state index contributed by atoms with van der Waals surface area (Å²) in [5.41, 5.74) is 0.476. The molecule has 0 bridgehead atoms. The molecule has 2 aromatic rings. The zero-order valence-corrected chi connectivity index (χ0v) is 11.9. The van der Waals surface area contributed by atoms with Crippen LogP contribution >= 0.6 is 0 Å². The van der Waals surface area contributed by atoms with Crippen molar-refractivity contribution < 1.29 is 22.3 Å². The Hall–Kier alpha value is -2.04. The molecule has 0 radical (unpaired) electrons. The summed E-state index contributed by atoms with van der Waals surface area (Å²) in [5.74, 6) is -0.185. The molecule has 1 aliphatic rings. The van der Waals surface area contributed by atoms with Crippen LogP contribution in [0.25, 0.3) is 11.1 Å². The second-order valence-electron chi connectivity index (χ2n) is 5.44. The number of fused-ring (bicyclic) bond motifs is 1. The molecule has 0 unspecified atom stereocenters. The van der Waals surface area contributed by atoms with Crippen molar-refractivity contribution in [1.82, 2.24) is 0 Å². The first kappa shape index (κ1) is 14.9. The van der Waals surface area contributed by atoms with Gasteiger partial charge in [-0.3, -0.25) is 0 Å². The quantitative estimate of drug-likeness (QED) is 0.662. The van der Waals surface area contributed by atoms with Crippen molar-refractivity contribution in [1.29, 1.82) is 0 Å². The number of ether oxygens (including phenoxy) is 1. The van der Waals surface area contributed by atoms with Crippen LogP contribution in [0.3, 0.4) is 0 Å². The second kappa shape index (κ2) is 5.30. The van der Waals surface area contributed by atoms with Gasteiger partial charge in [0.25, 0.3) is 0 Å². The summed E-state index contributed by atoms with van der Waals surface area (Å²) >= 11 is 0. The van der Waals surface area contributed by atoms with E-state index in [1.807, 2.05) is 0 Å². The van der Waals surface area contributed by atoms with Gasteiger partial charge in [0, 0.05) is 5.56 Å². The van der Waals surface area contributed by atoms with Crippen LogP contribution in [-0.2, 0) is 12.6 Å². The average molecular weight is 310 g/mol. The van der Waals surface area contributed by atoms with Crippen molar-refractivity contribution in [2.45, 2.75) is 25.9 Å². The van der Waals surface area contributed by atoms with E-state index in [-0.39, 0.29) is 11.1 Å². The van der Waals surface area contributed by atoms with Crippen LogP contribution in [0.15, 0.2) is 30.3 Å². The molecular formula is C17H14F4O. The number of benzene rings is 2. The number of rotatable bonds is 1. The molecule has 116 valence electrons. The van der Waals surface area contributed by atoms with Crippen molar-refractivity contribution in [2.75, 3.05) is 6.61 Å². The zero-order chi connectivity index (χ0) is 15.9. The Morgan fingerprint density at radius 3 is 2.55 bits per heavy atom. The normalized spacial score (nSPS) is 14.4. The van der Waals surface area contributed by atoms with Crippen LogP contribution in [0.2, 0.25) is 0 Å². The van der Waals surface area contributed by atoms with E-state index >= 15 is 0 Å². The fourth-order valence-electron chi connectivity index (χ4n) is 2.77. The van der Waals surface area contributed by atoms with Gasteiger partial charge >= 0.3 is 6.18 Å². The predicted octanol–water partition coefficient (Wildman–Crippen LogP) is 5.14. The van der Waals surface area contributed by atoms with Gasteiger partial charge in [-0.2, -0.15) is 13.2 Å². The number of hydrogen-bond acceptors (Lipinski definition) is 1. The molecule has 0 spiro atoms. The minimum Gasteiger partial charge on any atom is -0.493 e. The number of alkyl halides is 3. The Labute approximate surface area is 125 Å². The van der Waals surface area contributed by atoms with Crippen molar-refractivity contribution >= 4 is 0 Å². The van der Waals surface area contributed by atoms with Gasteiger partial charge in [0.1, 0.15) is 11.6 Å². The Kier molecular flexibility index (Phi) is 3.59. The number of aryl methyl sites for hydroxylation is 2. The Morgan fingerprint density at radius 2 is 1.82 bits per heavy atom. The highest BCUT2D eigenvalue weighted by atomic mass is 19.4. The molecule has 1 aliphatic heterocycles. The molecule has 0 saturated carbocycles. The first-order valence-corrected chi connectivity index (χ1v) is 7.00. The van der Waals surface area contributed by atoms with Gasteiger partial charge in [0.15, 0.2) is 0 Å². The summed E-state index contributed by atoms with van der Waals surface area (Å²) in [5, 5.41) is 0. The largest absolute Gasteiger partial charge is 0.493 e. The Balaban J connectivity index is 2.26.